The van der Waals surface area contributed by atoms with Crippen LogP contribution in [0, 0.1) is 0 Å². The van der Waals surface area contributed by atoms with Crippen LogP contribution in [0.15, 0.2) is 125 Å². The molecule has 1 nitrogen and oxygen atoms in total. The van der Waals surface area contributed by atoms with Crippen LogP contribution in [0.5, 0.6) is 0 Å². The van der Waals surface area contributed by atoms with Gasteiger partial charge in [0.1, 0.15) is 0 Å². The average Bonchev–Trinajstić information content (AvgIpc) is 3.60. The third-order valence-corrected chi connectivity index (χ3v) is 16.1. The SMILES string of the molecule is CCN(CC)c1ccc2c(c1)[CH]([Zr]([C]1=CC=CC1)=[C](c1ccccc1)c1ccccc1)c1ccccc1-2.Cl.Cl. The van der Waals surface area contributed by atoms with Crippen molar-refractivity contribution in [3.05, 3.63) is 147 Å². The maximum absolute atomic E-state index is 2.58. The molecule has 0 spiro atoms. The van der Waals surface area contributed by atoms with Crippen molar-refractivity contribution >= 4 is 33.7 Å². The summed E-state index contributed by atoms with van der Waals surface area (Å²) < 4.78 is 3.75. The molecule has 0 fully saturated rings. The monoisotopic (exact) mass is 629 g/mol. The van der Waals surface area contributed by atoms with Crippen molar-refractivity contribution in [3.8, 4) is 11.1 Å². The molecule has 1 atom stereocenters. The molecule has 0 saturated carbocycles. The summed E-state index contributed by atoms with van der Waals surface area (Å²) in [6.07, 6.45) is 8.19. The summed E-state index contributed by atoms with van der Waals surface area (Å²) in [4.78, 5) is 2.48. The summed E-state index contributed by atoms with van der Waals surface area (Å²) in [5.74, 6) is 0. The molecule has 0 bridgehead atoms. The fourth-order valence-corrected chi connectivity index (χ4v) is 15.1. The number of anilines is 1. The molecule has 198 valence electrons. The zero-order chi connectivity index (χ0) is 25.2. The molecule has 4 aromatic rings. The Morgan fingerprint density at radius 3 is 1.90 bits per heavy atom. The largest absolute Gasteiger partial charge is 0.147 e. The summed E-state index contributed by atoms with van der Waals surface area (Å²) in [7, 11) is 0. The van der Waals surface area contributed by atoms with Crippen molar-refractivity contribution < 1.29 is 21.3 Å². The van der Waals surface area contributed by atoms with E-state index in [-0.39, 0.29) is 24.8 Å². The zero-order valence-electron chi connectivity index (χ0n) is 22.5. The molecule has 1 unspecified atom stereocenters. The molecule has 0 saturated heterocycles. The Kier molecular flexibility index (Phi) is 10.0. The van der Waals surface area contributed by atoms with Crippen LogP contribution in [0.3, 0.4) is 0 Å². The fraction of sp³-hybridized carbons (Fsp3) is 0.171. The van der Waals surface area contributed by atoms with E-state index in [1.54, 1.807) is 6.49 Å². The van der Waals surface area contributed by atoms with E-state index in [1.807, 2.05) is 0 Å². The van der Waals surface area contributed by atoms with Gasteiger partial charge in [0.2, 0.25) is 0 Å². The summed E-state index contributed by atoms with van der Waals surface area (Å²) in [5, 5.41) is 0. The molecule has 2 aliphatic carbocycles. The van der Waals surface area contributed by atoms with Crippen molar-refractivity contribution in [3.63, 3.8) is 0 Å². The minimum atomic E-state index is -2.58. The maximum Gasteiger partial charge on any atom is -0.147 e. The van der Waals surface area contributed by atoms with Crippen LogP contribution in [-0.2, 0) is 21.3 Å². The Bertz CT molecular complexity index is 1480. The van der Waals surface area contributed by atoms with Crippen LogP contribution in [0.25, 0.3) is 11.1 Å². The molecule has 0 N–H and O–H groups in total. The molecule has 0 heterocycles. The number of hydrogen-bond donors (Lipinski definition) is 0. The predicted molar refractivity (Wildman–Crippen MR) is 170 cm³/mol. The normalized spacial score (nSPS) is 14.4. The van der Waals surface area contributed by atoms with Gasteiger partial charge in [0, 0.05) is 0 Å². The van der Waals surface area contributed by atoms with Crippen LogP contribution in [0.2, 0.25) is 0 Å². The first-order chi connectivity index (χ1) is 18.3. The van der Waals surface area contributed by atoms with Gasteiger partial charge in [-0.05, 0) is 0 Å². The van der Waals surface area contributed by atoms with Gasteiger partial charge in [-0.2, -0.15) is 0 Å². The van der Waals surface area contributed by atoms with Crippen LogP contribution in [0.4, 0.5) is 5.69 Å². The first-order valence-electron chi connectivity index (χ1n) is 13.5. The third-order valence-electron chi connectivity index (χ3n) is 7.84. The number of nitrogens with zero attached hydrogens (tertiary/aromatic N) is 1. The van der Waals surface area contributed by atoms with Crippen molar-refractivity contribution in [1.82, 2.24) is 0 Å². The first-order valence-corrected chi connectivity index (χ1v) is 17.4. The van der Waals surface area contributed by atoms with E-state index >= 15 is 0 Å². The van der Waals surface area contributed by atoms with Crippen molar-refractivity contribution in [2.24, 2.45) is 0 Å². The van der Waals surface area contributed by atoms with Crippen LogP contribution in [-0.4, -0.2) is 16.3 Å². The summed E-state index contributed by atoms with van der Waals surface area (Å²) in [6.45, 7) is 6.57. The third kappa shape index (κ3) is 5.58. The van der Waals surface area contributed by atoms with Gasteiger partial charge in [0.15, 0.2) is 0 Å². The quantitative estimate of drug-likeness (QED) is 0.197. The van der Waals surface area contributed by atoms with E-state index in [9.17, 15) is 0 Å². The maximum atomic E-state index is 2.53. The minimum Gasteiger partial charge on any atom is -0.147 e. The number of fused-ring (bicyclic) bond motifs is 3. The van der Waals surface area contributed by atoms with Crippen LogP contribution < -0.4 is 4.90 Å². The number of hydrogen-bond acceptors (Lipinski definition) is 1. The van der Waals surface area contributed by atoms with E-state index in [2.05, 4.69) is 140 Å². The number of rotatable bonds is 7. The van der Waals surface area contributed by atoms with Crippen LogP contribution in [0.1, 0.15) is 46.1 Å². The van der Waals surface area contributed by atoms with Gasteiger partial charge < -0.3 is 0 Å². The van der Waals surface area contributed by atoms with Gasteiger partial charge in [-0.1, -0.05) is 0 Å². The number of allylic oxidation sites excluding steroid dienone is 4. The Morgan fingerprint density at radius 1 is 0.718 bits per heavy atom. The molecule has 0 amide bonds. The molecule has 2 aliphatic rings. The van der Waals surface area contributed by atoms with E-state index in [4.69, 9.17) is 0 Å². The fourth-order valence-electron chi connectivity index (χ4n) is 6.12. The van der Waals surface area contributed by atoms with Gasteiger partial charge in [-0.15, -0.1) is 24.8 Å². The van der Waals surface area contributed by atoms with Gasteiger partial charge in [0.25, 0.3) is 0 Å². The average molecular weight is 632 g/mol. The van der Waals surface area contributed by atoms with E-state index in [1.165, 1.54) is 39.1 Å². The molecule has 39 heavy (non-hydrogen) atoms. The molecule has 4 heteroatoms. The van der Waals surface area contributed by atoms with E-state index in [0.717, 1.165) is 19.5 Å². The minimum absolute atomic E-state index is 0. The standard InChI is InChI=1S/C17H18N.C13H10.C5H5.2ClH.Zr/c1-3-18(4-2)15-9-10-17-14(12-15)11-13-7-5-6-8-16(13)17;1-3-7-12(8-4-1)11-13-9-5-2-6-10-13;1-2-4-5-3-1;;;/h5-12H,3-4H2,1-2H3;1-10H;1-3H,4H2;2*1H;. The van der Waals surface area contributed by atoms with Crippen molar-refractivity contribution in [2.75, 3.05) is 18.0 Å². The van der Waals surface area contributed by atoms with E-state index < -0.39 is 21.3 Å². The van der Waals surface area contributed by atoms with Crippen LogP contribution >= 0.6 is 24.8 Å². The Balaban J connectivity index is 0.00000176. The molecule has 0 radical (unpaired) electrons. The molecular weight excluding hydrogens is 597 g/mol. The second-order valence-corrected chi connectivity index (χ2v) is 16.1. The summed E-state index contributed by atoms with van der Waals surface area (Å²) in [5.41, 5.74) is 10.1. The zero-order valence-corrected chi connectivity index (χ0v) is 26.6. The van der Waals surface area contributed by atoms with Gasteiger partial charge in [-0.25, -0.2) is 0 Å². The summed E-state index contributed by atoms with van der Waals surface area (Å²) in [6, 6.07) is 38.9. The van der Waals surface area contributed by atoms with Gasteiger partial charge in [-0.3, -0.25) is 0 Å². The van der Waals surface area contributed by atoms with Gasteiger partial charge >= 0.3 is 230 Å². The van der Waals surface area contributed by atoms with Gasteiger partial charge in [0.05, 0.1) is 0 Å². The smallest absolute Gasteiger partial charge is 0.147 e. The topological polar surface area (TPSA) is 3.24 Å². The van der Waals surface area contributed by atoms with E-state index in [0.29, 0.717) is 3.63 Å². The molecule has 6 rings (SSSR count). The second kappa shape index (κ2) is 13.2. The Morgan fingerprint density at radius 2 is 1.31 bits per heavy atom. The number of halogens is 2. The number of benzene rings is 4. The molecule has 0 aliphatic heterocycles. The second-order valence-electron chi connectivity index (χ2n) is 9.81. The molecular formula is C35H35Cl2NZr. The van der Waals surface area contributed by atoms with Crippen molar-refractivity contribution in [2.45, 2.75) is 23.9 Å². The Labute approximate surface area is 253 Å². The molecule has 4 aromatic carbocycles. The Hall–Kier alpha value is -2.51. The molecule has 0 aromatic heterocycles. The van der Waals surface area contributed by atoms with Crippen molar-refractivity contribution in [1.29, 1.82) is 0 Å². The summed E-state index contributed by atoms with van der Waals surface area (Å²) >= 11 is -2.58. The first kappa shape index (κ1) is 29.5. The predicted octanol–water partition coefficient (Wildman–Crippen LogP) is 9.18.